The van der Waals surface area contributed by atoms with Crippen LogP contribution < -0.4 is 5.32 Å². The fraction of sp³-hybridized carbons (Fsp3) is 0. The molecule has 0 radical (unpaired) electrons. The molecule has 0 fully saturated rings. The number of fused-ring (bicyclic) bond motifs is 1. The van der Waals surface area contributed by atoms with E-state index in [1.165, 1.54) is 12.1 Å². The van der Waals surface area contributed by atoms with Crippen LogP contribution in [0.3, 0.4) is 0 Å². The lowest BCUT2D eigenvalue weighted by Gasteiger charge is -2.06. The van der Waals surface area contributed by atoms with Crippen molar-refractivity contribution in [1.82, 2.24) is 10.3 Å². The van der Waals surface area contributed by atoms with Crippen LogP contribution in [0.2, 0.25) is 0 Å². The van der Waals surface area contributed by atoms with Gasteiger partial charge in [0.15, 0.2) is 11.0 Å². The molecule has 0 atom stereocenters. The number of rotatable bonds is 3. The Bertz CT molecular complexity index is 862. The van der Waals surface area contributed by atoms with Crippen LogP contribution in [0.1, 0.15) is 15.9 Å². The second-order valence-corrected chi connectivity index (χ2v) is 4.24. The fourth-order valence-corrected chi connectivity index (χ4v) is 1.91. The van der Waals surface area contributed by atoms with Crippen LogP contribution in [0.15, 0.2) is 41.0 Å². The van der Waals surface area contributed by atoms with E-state index in [1.807, 2.05) is 6.07 Å². The number of benzene rings is 2. The van der Waals surface area contributed by atoms with E-state index in [1.54, 1.807) is 24.3 Å². The summed E-state index contributed by atoms with van der Waals surface area (Å²) in [6.45, 7) is 0. The molecule has 3 aromatic rings. The number of nitrogens with one attached hydrogen (secondary N) is 1. The van der Waals surface area contributed by atoms with Crippen molar-refractivity contribution in [3.8, 4) is 6.07 Å². The van der Waals surface area contributed by atoms with Gasteiger partial charge in [0.25, 0.3) is 0 Å². The molecule has 7 heteroatoms. The van der Waals surface area contributed by atoms with Crippen molar-refractivity contribution in [3.05, 3.63) is 47.5 Å². The van der Waals surface area contributed by atoms with Gasteiger partial charge in [-0.05, 0) is 46.7 Å². The van der Waals surface area contributed by atoms with Crippen LogP contribution in [0.25, 0.3) is 11.0 Å². The summed E-state index contributed by atoms with van der Waals surface area (Å²) in [5, 5.41) is 28.4. The molecule has 0 aliphatic carbocycles. The zero-order valence-electron chi connectivity index (χ0n) is 10.6. The SMILES string of the molecule is N#Cc1ccc(Nc2ccc(C(=O)O)cc2)c2nonc12. The first kappa shape index (κ1) is 12.6. The number of carboxylic acids is 1. The molecule has 0 amide bonds. The van der Waals surface area contributed by atoms with Gasteiger partial charge in [-0.15, -0.1) is 0 Å². The van der Waals surface area contributed by atoms with E-state index in [2.05, 4.69) is 20.3 Å². The van der Waals surface area contributed by atoms with Crippen LogP contribution in [-0.2, 0) is 0 Å². The molecule has 2 aromatic carbocycles. The molecular weight excluding hydrogens is 272 g/mol. The molecule has 3 rings (SSSR count). The summed E-state index contributed by atoms with van der Waals surface area (Å²) in [5.41, 5.74) is 2.70. The Kier molecular flexibility index (Phi) is 2.97. The van der Waals surface area contributed by atoms with Crippen molar-refractivity contribution in [3.63, 3.8) is 0 Å². The molecule has 2 N–H and O–H groups in total. The molecule has 102 valence electrons. The maximum atomic E-state index is 10.8. The lowest BCUT2D eigenvalue weighted by Crippen LogP contribution is -1.97. The predicted molar refractivity (Wildman–Crippen MR) is 73.2 cm³/mol. The van der Waals surface area contributed by atoms with E-state index >= 15 is 0 Å². The normalized spacial score (nSPS) is 10.2. The van der Waals surface area contributed by atoms with Crippen LogP contribution >= 0.6 is 0 Å². The standard InChI is InChI=1S/C14H8N4O3/c15-7-9-3-6-11(13-12(9)17-21-18-13)16-10-4-1-8(2-5-10)14(19)20/h1-6,16H,(H,19,20). The molecule has 0 saturated carbocycles. The van der Waals surface area contributed by atoms with Crippen LogP contribution in [0.5, 0.6) is 0 Å². The first-order chi connectivity index (χ1) is 10.2. The van der Waals surface area contributed by atoms with E-state index in [4.69, 9.17) is 10.4 Å². The molecular formula is C14H8N4O3. The van der Waals surface area contributed by atoms with E-state index in [9.17, 15) is 4.79 Å². The predicted octanol–water partition coefficient (Wildman–Crippen LogP) is 2.54. The van der Waals surface area contributed by atoms with E-state index in [-0.39, 0.29) is 5.56 Å². The summed E-state index contributed by atoms with van der Waals surface area (Å²) in [6.07, 6.45) is 0. The Hall–Kier alpha value is -3.40. The Morgan fingerprint density at radius 2 is 1.86 bits per heavy atom. The van der Waals surface area contributed by atoms with Crippen molar-refractivity contribution in [1.29, 1.82) is 5.26 Å². The lowest BCUT2D eigenvalue weighted by molar-refractivity contribution is 0.0697. The molecule has 0 spiro atoms. The molecule has 0 saturated heterocycles. The summed E-state index contributed by atoms with van der Waals surface area (Å²) < 4.78 is 4.67. The van der Waals surface area contributed by atoms with E-state index in [0.717, 1.165) is 0 Å². The van der Waals surface area contributed by atoms with Gasteiger partial charge in [-0.1, -0.05) is 0 Å². The van der Waals surface area contributed by atoms with Gasteiger partial charge in [0.05, 0.1) is 16.8 Å². The summed E-state index contributed by atoms with van der Waals surface area (Å²) in [7, 11) is 0. The topological polar surface area (TPSA) is 112 Å². The second kappa shape index (κ2) is 4.94. The average Bonchev–Trinajstić information content (AvgIpc) is 2.98. The maximum Gasteiger partial charge on any atom is 0.335 e. The van der Waals surface area contributed by atoms with Gasteiger partial charge in [0.1, 0.15) is 6.07 Å². The van der Waals surface area contributed by atoms with E-state index < -0.39 is 5.97 Å². The van der Waals surface area contributed by atoms with Gasteiger partial charge < -0.3 is 10.4 Å². The number of nitrogens with zero attached hydrogens (tertiary/aromatic N) is 3. The number of aromatic nitrogens is 2. The number of carbonyl (C=O) groups is 1. The van der Waals surface area contributed by atoms with Gasteiger partial charge in [-0.3, -0.25) is 0 Å². The molecule has 1 heterocycles. The average molecular weight is 280 g/mol. The van der Waals surface area contributed by atoms with Crippen molar-refractivity contribution in [2.75, 3.05) is 5.32 Å². The first-order valence-corrected chi connectivity index (χ1v) is 5.95. The minimum Gasteiger partial charge on any atom is -0.478 e. The molecule has 7 nitrogen and oxygen atoms in total. The first-order valence-electron chi connectivity index (χ1n) is 5.95. The highest BCUT2D eigenvalue weighted by Gasteiger charge is 2.12. The van der Waals surface area contributed by atoms with Crippen molar-refractivity contribution in [2.24, 2.45) is 0 Å². The van der Waals surface area contributed by atoms with Gasteiger partial charge in [-0.25, -0.2) is 9.42 Å². The molecule has 21 heavy (non-hydrogen) atoms. The summed E-state index contributed by atoms with van der Waals surface area (Å²) in [5.74, 6) is -0.983. The Labute approximate surface area is 118 Å². The zero-order chi connectivity index (χ0) is 14.8. The quantitative estimate of drug-likeness (QED) is 0.757. The summed E-state index contributed by atoms with van der Waals surface area (Å²) in [4.78, 5) is 10.8. The highest BCUT2D eigenvalue weighted by atomic mass is 16.6. The third-order valence-electron chi connectivity index (χ3n) is 2.95. The molecule has 1 aromatic heterocycles. The third kappa shape index (κ3) is 2.26. The Morgan fingerprint density at radius 3 is 2.52 bits per heavy atom. The van der Waals surface area contributed by atoms with Crippen molar-refractivity contribution in [2.45, 2.75) is 0 Å². The highest BCUT2D eigenvalue weighted by molar-refractivity contribution is 5.93. The minimum atomic E-state index is -0.983. The second-order valence-electron chi connectivity index (χ2n) is 4.24. The Morgan fingerprint density at radius 1 is 1.14 bits per heavy atom. The number of nitriles is 1. The number of aromatic carboxylic acids is 1. The third-order valence-corrected chi connectivity index (χ3v) is 2.95. The molecule has 0 aliphatic heterocycles. The van der Waals surface area contributed by atoms with Gasteiger partial charge in [-0.2, -0.15) is 5.26 Å². The highest BCUT2D eigenvalue weighted by Crippen LogP contribution is 2.26. The minimum absolute atomic E-state index is 0.202. The van der Waals surface area contributed by atoms with Gasteiger partial charge in [0.2, 0.25) is 0 Å². The van der Waals surface area contributed by atoms with Crippen molar-refractivity contribution < 1.29 is 14.5 Å². The summed E-state index contributed by atoms with van der Waals surface area (Å²) >= 11 is 0. The summed E-state index contributed by atoms with van der Waals surface area (Å²) in [6, 6.07) is 11.6. The van der Waals surface area contributed by atoms with Gasteiger partial charge in [0, 0.05) is 5.69 Å². The number of hydrogen-bond acceptors (Lipinski definition) is 6. The van der Waals surface area contributed by atoms with Crippen LogP contribution in [-0.4, -0.2) is 21.4 Å². The smallest absolute Gasteiger partial charge is 0.335 e. The number of hydrogen-bond donors (Lipinski definition) is 2. The van der Waals surface area contributed by atoms with Crippen LogP contribution in [0.4, 0.5) is 11.4 Å². The van der Waals surface area contributed by atoms with Gasteiger partial charge >= 0.3 is 5.97 Å². The number of anilines is 2. The zero-order valence-corrected chi connectivity index (χ0v) is 10.6. The van der Waals surface area contributed by atoms with Crippen molar-refractivity contribution >= 4 is 28.4 Å². The largest absolute Gasteiger partial charge is 0.478 e. The van der Waals surface area contributed by atoms with E-state index in [0.29, 0.717) is 28.0 Å². The van der Waals surface area contributed by atoms with Crippen LogP contribution in [0, 0.1) is 11.3 Å². The fourth-order valence-electron chi connectivity index (χ4n) is 1.91. The number of carboxylic acid groups (broad SMARTS) is 1. The molecule has 0 bridgehead atoms. The maximum absolute atomic E-state index is 10.8. The lowest BCUT2D eigenvalue weighted by atomic mass is 10.1. The molecule has 0 aliphatic rings. The Balaban J connectivity index is 1.97. The monoisotopic (exact) mass is 280 g/mol. The molecule has 0 unspecified atom stereocenters.